The number of ether oxygens (including phenoxy) is 1. The number of methoxy groups -OCH3 is 1. The number of hydrogen-bond donors (Lipinski definition) is 2. The Labute approximate surface area is 183 Å². The van der Waals surface area contributed by atoms with Crippen LogP contribution in [0.2, 0.25) is 0 Å². The van der Waals surface area contributed by atoms with Crippen molar-refractivity contribution in [3.8, 4) is 0 Å². The molecule has 9 heteroatoms. The Morgan fingerprint density at radius 1 is 1.41 bits per heavy atom. The zero-order chi connectivity index (χ0) is 18.8. The Balaban J connectivity index is 0.00000364. The molecule has 27 heavy (non-hydrogen) atoms. The van der Waals surface area contributed by atoms with E-state index in [1.54, 1.807) is 37.4 Å². The topological polar surface area (TPSA) is 69.2 Å². The van der Waals surface area contributed by atoms with Crippen LogP contribution in [-0.4, -0.2) is 81.7 Å². The van der Waals surface area contributed by atoms with E-state index < -0.39 is 0 Å². The number of hydrogen-bond acceptors (Lipinski definition) is 5. The summed E-state index contributed by atoms with van der Waals surface area (Å²) in [6, 6.07) is 4.50. The number of aliphatic imine (C=N–C) groups is 1. The van der Waals surface area contributed by atoms with Crippen LogP contribution in [0.1, 0.15) is 17.7 Å². The Hall–Kier alpha value is -0.910. The van der Waals surface area contributed by atoms with Crippen molar-refractivity contribution in [2.75, 3.05) is 54.0 Å². The van der Waals surface area contributed by atoms with Crippen LogP contribution in [0.4, 0.5) is 0 Å². The van der Waals surface area contributed by atoms with E-state index in [0.717, 1.165) is 39.1 Å². The van der Waals surface area contributed by atoms with Crippen molar-refractivity contribution in [3.05, 3.63) is 22.4 Å². The second-order valence-electron chi connectivity index (χ2n) is 6.64. The number of likely N-dealkylation sites (tertiary alicyclic amines) is 1. The van der Waals surface area contributed by atoms with E-state index in [0.29, 0.717) is 18.5 Å². The second-order valence-corrected chi connectivity index (χ2v) is 7.67. The van der Waals surface area contributed by atoms with E-state index in [2.05, 4.69) is 32.0 Å². The predicted molar refractivity (Wildman–Crippen MR) is 122 cm³/mol. The Morgan fingerprint density at radius 2 is 2.15 bits per heavy atom. The number of nitrogens with zero attached hydrogens (tertiary/aromatic N) is 3. The molecule has 0 bridgehead atoms. The largest absolute Gasteiger partial charge is 0.383 e. The third-order valence-electron chi connectivity index (χ3n) is 4.42. The molecule has 154 valence electrons. The molecule has 0 unspecified atom stereocenters. The summed E-state index contributed by atoms with van der Waals surface area (Å²) in [6.07, 6.45) is 2.12. The molecular weight excluding hydrogens is 477 g/mol. The van der Waals surface area contributed by atoms with Gasteiger partial charge in [0.15, 0.2) is 5.96 Å². The van der Waals surface area contributed by atoms with Gasteiger partial charge in [-0.25, -0.2) is 4.99 Å². The lowest BCUT2D eigenvalue weighted by Crippen LogP contribution is -2.49. The Morgan fingerprint density at radius 3 is 2.74 bits per heavy atom. The van der Waals surface area contributed by atoms with E-state index in [1.165, 1.54) is 4.88 Å². The molecule has 2 rings (SSSR count). The van der Waals surface area contributed by atoms with Gasteiger partial charge in [-0.15, -0.1) is 35.3 Å². The predicted octanol–water partition coefficient (Wildman–Crippen LogP) is 1.60. The number of piperidine rings is 1. The quantitative estimate of drug-likeness (QED) is 0.317. The standard InChI is InChI=1S/C18H31N5O2S.HI/c1-22(2)17(24)14-20-18(19-13-16-5-4-12-26-16)21-15-6-8-23(9-7-15)10-11-25-3;/h4-5,12,15H,6-11,13-14H2,1-3H3,(H2,19,20,21);1H. The summed E-state index contributed by atoms with van der Waals surface area (Å²) in [6.45, 7) is 4.73. The molecule has 1 fully saturated rings. The molecule has 0 radical (unpaired) electrons. The SMILES string of the molecule is COCCN1CCC(NC(=NCC(=O)N(C)C)NCc2cccs2)CC1.I. The van der Waals surface area contributed by atoms with Gasteiger partial charge in [0.1, 0.15) is 6.54 Å². The normalized spacial score (nSPS) is 15.9. The lowest BCUT2D eigenvalue weighted by Gasteiger charge is -2.32. The monoisotopic (exact) mass is 509 g/mol. The molecule has 0 aromatic carbocycles. The van der Waals surface area contributed by atoms with Crippen LogP contribution >= 0.6 is 35.3 Å². The van der Waals surface area contributed by atoms with Crippen LogP contribution in [0.15, 0.2) is 22.5 Å². The average molecular weight is 509 g/mol. The molecule has 1 aliphatic heterocycles. The molecule has 1 saturated heterocycles. The lowest BCUT2D eigenvalue weighted by atomic mass is 10.1. The molecule has 2 N–H and O–H groups in total. The first kappa shape index (κ1) is 24.1. The zero-order valence-corrected chi connectivity index (χ0v) is 19.6. The van der Waals surface area contributed by atoms with Gasteiger partial charge in [0.2, 0.25) is 5.91 Å². The van der Waals surface area contributed by atoms with Crippen LogP contribution in [0.3, 0.4) is 0 Å². The number of amides is 1. The molecule has 1 aliphatic rings. The first-order valence-electron chi connectivity index (χ1n) is 9.07. The van der Waals surface area contributed by atoms with Gasteiger partial charge in [0, 0.05) is 51.8 Å². The highest BCUT2D eigenvalue weighted by molar-refractivity contribution is 14.0. The summed E-state index contributed by atoms with van der Waals surface area (Å²) in [5, 5.41) is 8.92. The second kappa shape index (κ2) is 13.3. The van der Waals surface area contributed by atoms with Gasteiger partial charge in [-0.2, -0.15) is 0 Å². The van der Waals surface area contributed by atoms with E-state index in [9.17, 15) is 4.79 Å². The van der Waals surface area contributed by atoms with E-state index in [-0.39, 0.29) is 36.4 Å². The third kappa shape index (κ3) is 9.22. The highest BCUT2D eigenvalue weighted by atomic mass is 127. The average Bonchev–Trinajstić information content (AvgIpc) is 3.16. The zero-order valence-electron chi connectivity index (χ0n) is 16.4. The molecule has 1 amide bonds. The number of nitrogens with one attached hydrogen (secondary N) is 2. The summed E-state index contributed by atoms with van der Waals surface area (Å²) in [7, 11) is 5.24. The minimum Gasteiger partial charge on any atom is -0.383 e. The number of carbonyl (C=O) groups is 1. The maximum Gasteiger partial charge on any atom is 0.243 e. The summed E-state index contributed by atoms with van der Waals surface area (Å²) in [5.74, 6) is 0.709. The third-order valence-corrected chi connectivity index (χ3v) is 5.30. The lowest BCUT2D eigenvalue weighted by molar-refractivity contribution is -0.127. The summed E-state index contributed by atoms with van der Waals surface area (Å²) in [5.41, 5.74) is 0. The summed E-state index contributed by atoms with van der Waals surface area (Å²) >= 11 is 1.71. The fourth-order valence-electron chi connectivity index (χ4n) is 2.74. The Bertz CT molecular complexity index is 560. The maximum absolute atomic E-state index is 11.9. The summed E-state index contributed by atoms with van der Waals surface area (Å²) in [4.78, 5) is 21.6. The molecule has 1 aromatic rings. The molecule has 2 heterocycles. The molecule has 0 aliphatic carbocycles. The Kier molecular flexibility index (Phi) is 11.9. The number of thiophene rings is 1. The number of halogens is 1. The number of guanidine groups is 1. The van der Waals surface area contributed by atoms with Crippen LogP contribution < -0.4 is 10.6 Å². The number of carbonyl (C=O) groups excluding carboxylic acids is 1. The van der Waals surface area contributed by atoms with Gasteiger partial charge < -0.3 is 25.2 Å². The first-order chi connectivity index (χ1) is 12.6. The van der Waals surface area contributed by atoms with Crippen LogP contribution in [0.25, 0.3) is 0 Å². The minimum atomic E-state index is -0.00314. The molecular formula is C18H32IN5O2S. The molecule has 1 aromatic heterocycles. The van der Waals surface area contributed by atoms with Crippen LogP contribution in [-0.2, 0) is 16.1 Å². The first-order valence-corrected chi connectivity index (χ1v) is 9.95. The highest BCUT2D eigenvalue weighted by Crippen LogP contribution is 2.10. The van der Waals surface area contributed by atoms with Crippen LogP contribution in [0, 0.1) is 0 Å². The van der Waals surface area contributed by atoms with Gasteiger partial charge >= 0.3 is 0 Å². The number of rotatable bonds is 8. The van der Waals surface area contributed by atoms with Gasteiger partial charge in [0.05, 0.1) is 13.2 Å². The van der Waals surface area contributed by atoms with Crippen molar-refractivity contribution in [1.82, 2.24) is 20.4 Å². The van der Waals surface area contributed by atoms with Crippen molar-refractivity contribution in [2.45, 2.75) is 25.4 Å². The van der Waals surface area contributed by atoms with Crippen molar-refractivity contribution >= 4 is 47.2 Å². The summed E-state index contributed by atoms with van der Waals surface area (Å²) < 4.78 is 5.16. The molecule has 0 spiro atoms. The van der Waals surface area contributed by atoms with Crippen molar-refractivity contribution in [1.29, 1.82) is 0 Å². The molecule has 0 atom stereocenters. The van der Waals surface area contributed by atoms with E-state index >= 15 is 0 Å². The van der Waals surface area contributed by atoms with Gasteiger partial charge in [-0.1, -0.05) is 6.07 Å². The van der Waals surface area contributed by atoms with Gasteiger partial charge in [-0.3, -0.25) is 4.79 Å². The minimum absolute atomic E-state index is 0. The highest BCUT2D eigenvalue weighted by Gasteiger charge is 2.20. The van der Waals surface area contributed by atoms with E-state index in [4.69, 9.17) is 4.74 Å². The smallest absolute Gasteiger partial charge is 0.243 e. The molecule has 0 saturated carbocycles. The van der Waals surface area contributed by atoms with Crippen LogP contribution in [0.5, 0.6) is 0 Å². The van der Waals surface area contributed by atoms with Crippen molar-refractivity contribution in [3.63, 3.8) is 0 Å². The van der Waals surface area contributed by atoms with Crippen molar-refractivity contribution in [2.24, 2.45) is 4.99 Å². The number of likely N-dealkylation sites (N-methyl/N-ethyl adjacent to an activating group) is 1. The molecule has 7 nitrogen and oxygen atoms in total. The van der Waals surface area contributed by atoms with Gasteiger partial charge in [-0.05, 0) is 24.3 Å². The maximum atomic E-state index is 11.9. The van der Waals surface area contributed by atoms with Gasteiger partial charge in [0.25, 0.3) is 0 Å². The van der Waals surface area contributed by atoms with E-state index in [1.807, 2.05) is 6.07 Å². The van der Waals surface area contributed by atoms with Crippen molar-refractivity contribution < 1.29 is 9.53 Å². The fraction of sp³-hybridized carbons (Fsp3) is 0.667. The fourth-order valence-corrected chi connectivity index (χ4v) is 3.38.